The van der Waals surface area contributed by atoms with E-state index < -0.39 is 5.97 Å². The van der Waals surface area contributed by atoms with Gasteiger partial charge in [0.05, 0.1) is 0 Å². The Labute approximate surface area is 96.7 Å². The number of carboxylic acids is 1. The van der Waals surface area contributed by atoms with Crippen LogP contribution < -0.4 is 4.90 Å². The van der Waals surface area contributed by atoms with Crippen molar-refractivity contribution in [2.45, 2.75) is 11.7 Å². The van der Waals surface area contributed by atoms with Crippen molar-refractivity contribution in [2.24, 2.45) is 0 Å². The smallest absolute Gasteiger partial charge is 0.341 e. The van der Waals surface area contributed by atoms with E-state index in [9.17, 15) is 9.59 Å². The summed E-state index contributed by atoms with van der Waals surface area (Å²) in [6.07, 6.45) is 2.71. The summed E-state index contributed by atoms with van der Waals surface area (Å²) in [5.74, 6) is -1.17. The molecule has 2 heterocycles. The van der Waals surface area contributed by atoms with Gasteiger partial charge < -0.3 is 5.11 Å². The highest BCUT2D eigenvalue weighted by Crippen LogP contribution is 2.24. The largest absolute Gasteiger partial charge is 0.477 e. The monoisotopic (exact) mass is 239 g/mol. The molecule has 0 bridgehead atoms. The van der Waals surface area contributed by atoms with Crippen LogP contribution in [0.1, 0.15) is 16.8 Å². The number of amides is 1. The molecule has 0 aliphatic carbocycles. The van der Waals surface area contributed by atoms with Crippen molar-refractivity contribution >= 4 is 30.3 Å². The topological polar surface area (TPSA) is 83.4 Å². The molecule has 1 aliphatic rings. The number of rotatable bonds is 2. The number of aromatic carboxylic acids is 1. The lowest BCUT2D eigenvalue weighted by atomic mass is 10.3. The van der Waals surface area contributed by atoms with Crippen LogP contribution in [0.2, 0.25) is 0 Å². The molecule has 1 fully saturated rings. The summed E-state index contributed by atoms with van der Waals surface area (Å²) in [5.41, 5.74) is -0.0710. The summed E-state index contributed by atoms with van der Waals surface area (Å²) >= 11 is 4.19. The molecule has 1 aliphatic heterocycles. The standard InChI is InChI=1S/C9H9N3O3S/c13-7-1-5(16)3-12(7)8-6(9(14)15)2-10-4-11-8/h2,4-5,16H,1,3H2,(H,14,15). The van der Waals surface area contributed by atoms with Crippen LogP contribution in [0.15, 0.2) is 12.5 Å². The third-order valence-electron chi connectivity index (χ3n) is 2.28. The molecule has 0 radical (unpaired) electrons. The van der Waals surface area contributed by atoms with Crippen molar-refractivity contribution in [1.82, 2.24) is 9.97 Å². The number of aromatic nitrogens is 2. The Kier molecular flexibility index (Phi) is 2.78. The van der Waals surface area contributed by atoms with Crippen LogP contribution in [0.5, 0.6) is 0 Å². The number of thiol groups is 1. The molecule has 0 saturated carbocycles. The van der Waals surface area contributed by atoms with Crippen molar-refractivity contribution in [3.05, 3.63) is 18.1 Å². The van der Waals surface area contributed by atoms with Gasteiger partial charge in [0, 0.05) is 24.4 Å². The Hall–Kier alpha value is -1.63. The van der Waals surface area contributed by atoms with E-state index in [1.54, 1.807) is 0 Å². The SMILES string of the molecule is O=C(O)c1cncnc1N1CC(S)CC1=O. The zero-order valence-electron chi connectivity index (χ0n) is 8.20. The normalized spacial score (nSPS) is 20.2. The highest BCUT2D eigenvalue weighted by Gasteiger charge is 2.31. The lowest BCUT2D eigenvalue weighted by Crippen LogP contribution is -2.27. The second-order valence-electron chi connectivity index (χ2n) is 3.43. The Morgan fingerprint density at radius 3 is 2.94 bits per heavy atom. The molecule has 1 amide bonds. The van der Waals surface area contributed by atoms with E-state index in [-0.39, 0.29) is 22.5 Å². The van der Waals surface area contributed by atoms with E-state index in [1.807, 2.05) is 0 Å². The number of carbonyl (C=O) groups is 2. The van der Waals surface area contributed by atoms with Gasteiger partial charge in [-0.2, -0.15) is 12.6 Å². The first-order chi connectivity index (χ1) is 7.59. The molecule has 84 valence electrons. The molecule has 0 aromatic carbocycles. The molecule has 1 atom stereocenters. The third-order valence-corrected chi connectivity index (χ3v) is 2.63. The minimum atomic E-state index is -1.15. The number of carbonyl (C=O) groups excluding carboxylic acids is 1. The number of anilines is 1. The predicted molar refractivity (Wildman–Crippen MR) is 58.7 cm³/mol. The lowest BCUT2D eigenvalue weighted by molar-refractivity contribution is -0.117. The molecular formula is C9H9N3O3S. The van der Waals surface area contributed by atoms with Crippen molar-refractivity contribution in [3.8, 4) is 0 Å². The number of hydrogen-bond donors (Lipinski definition) is 2. The highest BCUT2D eigenvalue weighted by molar-refractivity contribution is 7.81. The van der Waals surface area contributed by atoms with Crippen molar-refractivity contribution in [3.63, 3.8) is 0 Å². The lowest BCUT2D eigenvalue weighted by Gasteiger charge is -2.16. The van der Waals surface area contributed by atoms with Crippen molar-refractivity contribution < 1.29 is 14.7 Å². The molecular weight excluding hydrogens is 230 g/mol. The zero-order chi connectivity index (χ0) is 11.7. The molecule has 1 unspecified atom stereocenters. The summed E-state index contributed by atoms with van der Waals surface area (Å²) in [4.78, 5) is 31.3. The molecule has 1 aromatic heterocycles. The average molecular weight is 239 g/mol. The predicted octanol–water partition coefficient (Wildman–Crippen LogP) is 0.210. The van der Waals surface area contributed by atoms with Crippen LogP contribution in [0.4, 0.5) is 5.82 Å². The second-order valence-corrected chi connectivity index (χ2v) is 4.16. The fourth-order valence-electron chi connectivity index (χ4n) is 1.58. The fraction of sp³-hybridized carbons (Fsp3) is 0.333. The molecule has 7 heteroatoms. The molecule has 1 N–H and O–H groups in total. The van der Waals surface area contributed by atoms with Crippen LogP contribution in [0, 0.1) is 0 Å². The fourth-order valence-corrected chi connectivity index (χ4v) is 1.90. The molecule has 0 spiro atoms. The van der Waals surface area contributed by atoms with Gasteiger partial charge in [-0.25, -0.2) is 14.8 Å². The number of hydrogen-bond acceptors (Lipinski definition) is 5. The minimum Gasteiger partial charge on any atom is -0.477 e. The first kappa shape index (κ1) is 10.9. The van der Waals surface area contributed by atoms with Crippen LogP contribution in [-0.4, -0.2) is 38.7 Å². The van der Waals surface area contributed by atoms with Gasteiger partial charge >= 0.3 is 5.97 Å². The van der Waals surface area contributed by atoms with E-state index in [4.69, 9.17) is 5.11 Å². The Balaban J connectivity index is 2.40. The van der Waals surface area contributed by atoms with Gasteiger partial charge in [0.25, 0.3) is 0 Å². The summed E-state index contributed by atoms with van der Waals surface area (Å²) in [7, 11) is 0. The van der Waals surface area contributed by atoms with Crippen LogP contribution in [-0.2, 0) is 4.79 Å². The van der Waals surface area contributed by atoms with Gasteiger partial charge in [-0.15, -0.1) is 0 Å². The quantitative estimate of drug-likeness (QED) is 0.721. The zero-order valence-corrected chi connectivity index (χ0v) is 9.09. The van der Waals surface area contributed by atoms with Gasteiger partial charge in [0.15, 0.2) is 5.82 Å². The van der Waals surface area contributed by atoms with Crippen molar-refractivity contribution in [1.29, 1.82) is 0 Å². The Morgan fingerprint density at radius 1 is 1.62 bits per heavy atom. The molecule has 2 rings (SSSR count). The maximum atomic E-state index is 11.6. The first-order valence-electron chi connectivity index (χ1n) is 4.61. The van der Waals surface area contributed by atoms with Crippen LogP contribution in [0.3, 0.4) is 0 Å². The van der Waals surface area contributed by atoms with E-state index in [0.717, 1.165) is 0 Å². The summed E-state index contributed by atoms with van der Waals surface area (Å²) < 4.78 is 0. The maximum Gasteiger partial charge on any atom is 0.341 e. The summed E-state index contributed by atoms with van der Waals surface area (Å²) in [6, 6.07) is 0. The van der Waals surface area contributed by atoms with Gasteiger partial charge in [-0.1, -0.05) is 0 Å². The molecule has 6 nitrogen and oxygen atoms in total. The van der Waals surface area contributed by atoms with Gasteiger partial charge in [0.1, 0.15) is 11.9 Å². The van der Waals surface area contributed by atoms with E-state index in [0.29, 0.717) is 13.0 Å². The highest BCUT2D eigenvalue weighted by atomic mass is 32.1. The van der Waals surface area contributed by atoms with Crippen LogP contribution in [0.25, 0.3) is 0 Å². The summed E-state index contributed by atoms with van der Waals surface area (Å²) in [6.45, 7) is 0.374. The average Bonchev–Trinajstić information content (AvgIpc) is 2.57. The Bertz CT molecular complexity index is 451. The van der Waals surface area contributed by atoms with Crippen LogP contribution >= 0.6 is 12.6 Å². The first-order valence-corrected chi connectivity index (χ1v) is 5.13. The van der Waals surface area contributed by atoms with Gasteiger partial charge in [0.2, 0.25) is 5.91 Å². The number of carboxylic acid groups (broad SMARTS) is 1. The number of nitrogens with zero attached hydrogens (tertiary/aromatic N) is 3. The van der Waals surface area contributed by atoms with E-state index >= 15 is 0 Å². The second kappa shape index (κ2) is 4.09. The third kappa shape index (κ3) is 1.85. The van der Waals surface area contributed by atoms with E-state index in [1.165, 1.54) is 17.4 Å². The maximum absolute atomic E-state index is 11.6. The van der Waals surface area contributed by atoms with E-state index in [2.05, 4.69) is 22.6 Å². The summed E-state index contributed by atoms with van der Waals surface area (Å²) in [5, 5.41) is 8.86. The molecule has 1 saturated heterocycles. The molecule has 1 aromatic rings. The minimum absolute atomic E-state index is 0.0710. The Morgan fingerprint density at radius 2 is 2.38 bits per heavy atom. The van der Waals surface area contributed by atoms with Gasteiger partial charge in [-0.3, -0.25) is 9.69 Å². The van der Waals surface area contributed by atoms with Crippen molar-refractivity contribution in [2.75, 3.05) is 11.4 Å². The molecule has 16 heavy (non-hydrogen) atoms. The van der Waals surface area contributed by atoms with Gasteiger partial charge in [-0.05, 0) is 0 Å².